The van der Waals surface area contributed by atoms with Crippen LogP contribution >= 0.6 is 27.5 Å². The first kappa shape index (κ1) is 22.6. The van der Waals surface area contributed by atoms with Crippen molar-refractivity contribution in [3.05, 3.63) is 129 Å². The number of benzene rings is 4. The van der Waals surface area contributed by atoms with Gasteiger partial charge in [-0.2, -0.15) is 0 Å². The highest BCUT2D eigenvalue weighted by Crippen LogP contribution is 2.60. The Hall–Kier alpha value is -3.54. The summed E-state index contributed by atoms with van der Waals surface area (Å²) >= 11 is 10.1. The van der Waals surface area contributed by atoms with Gasteiger partial charge in [-0.05, 0) is 52.6 Å². The van der Waals surface area contributed by atoms with E-state index in [2.05, 4.69) is 52.3 Å². The summed E-state index contributed by atoms with van der Waals surface area (Å²) in [4.78, 5) is 34.9. The molecule has 1 fully saturated rings. The molecule has 0 saturated carbocycles. The SMILES string of the molecule is O=C1[C@H]2[C@H]3c4ccc(cc4)[C@@](C=Nc4cccc(Br)c4)(c4ccccc43)[C@H]2C(=O)N1c1ccccc1Cl. The van der Waals surface area contributed by atoms with E-state index in [1.165, 1.54) is 4.90 Å². The lowest BCUT2D eigenvalue weighted by Crippen LogP contribution is -2.51. The zero-order valence-corrected chi connectivity index (χ0v) is 21.9. The molecule has 4 aromatic carbocycles. The molecule has 4 nitrogen and oxygen atoms in total. The molecule has 10 rings (SSSR count). The van der Waals surface area contributed by atoms with Crippen LogP contribution < -0.4 is 4.90 Å². The van der Waals surface area contributed by atoms with Crippen LogP contribution in [0, 0.1) is 11.8 Å². The molecule has 4 aromatic rings. The van der Waals surface area contributed by atoms with Crippen LogP contribution in [0.5, 0.6) is 0 Å². The molecule has 0 aromatic heterocycles. The maximum Gasteiger partial charge on any atom is 0.239 e. The minimum absolute atomic E-state index is 0.217. The number of hydrogen-bond donors (Lipinski definition) is 0. The number of nitrogens with zero attached hydrogens (tertiary/aromatic N) is 2. The van der Waals surface area contributed by atoms with Crippen molar-refractivity contribution >= 4 is 56.9 Å². The number of carbonyl (C=O) groups excluding carboxylic acids is 2. The maximum atomic E-state index is 14.4. The first-order chi connectivity index (χ1) is 18.0. The molecule has 180 valence electrons. The topological polar surface area (TPSA) is 49.7 Å². The molecule has 4 bridgehead atoms. The Bertz CT molecular complexity index is 1630. The minimum Gasteiger partial charge on any atom is -0.274 e. The second kappa shape index (κ2) is 8.23. The number of amides is 2. The van der Waals surface area contributed by atoms with Gasteiger partial charge in [0.15, 0.2) is 0 Å². The lowest BCUT2D eigenvalue weighted by Gasteiger charge is -2.48. The predicted octanol–water partition coefficient (Wildman–Crippen LogP) is 7.06. The Morgan fingerprint density at radius 3 is 2.41 bits per heavy atom. The monoisotopic (exact) mass is 566 g/mol. The molecule has 2 amide bonds. The number of anilines is 1. The van der Waals surface area contributed by atoms with Crippen LogP contribution in [0.15, 0.2) is 107 Å². The van der Waals surface area contributed by atoms with Crippen molar-refractivity contribution in [2.75, 3.05) is 4.90 Å². The van der Waals surface area contributed by atoms with Crippen molar-refractivity contribution in [2.45, 2.75) is 11.3 Å². The molecule has 1 saturated heterocycles. The van der Waals surface area contributed by atoms with Gasteiger partial charge in [0.25, 0.3) is 0 Å². The molecule has 0 unspecified atom stereocenters. The van der Waals surface area contributed by atoms with Crippen LogP contribution in [-0.4, -0.2) is 18.0 Å². The van der Waals surface area contributed by atoms with Crippen LogP contribution in [0.4, 0.5) is 11.4 Å². The van der Waals surface area contributed by atoms with E-state index in [1.54, 1.807) is 24.3 Å². The summed E-state index contributed by atoms with van der Waals surface area (Å²) in [6.07, 6.45) is 1.89. The van der Waals surface area contributed by atoms with Crippen LogP contribution in [0.25, 0.3) is 0 Å². The molecule has 6 heteroatoms. The van der Waals surface area contributed by atoms with Crippen LogP contribution in [0.2, 0.25) is 5.02 Å². The van der Waals surface area contributed by atoms with Crippen LogP contribution in [0.3, 0.4) is 0 Å². The second-order valence-corrected chi connectivity index (χ2v) is 11.1. The smallest absolute Gasteiger partial charge is 0.239 e. The zero-order chi connectivity index (χ0) is 25.3. The number of hydrogen-bond acceptors (Lipinski definition) is 3. The Kier molecular flexibility index (Phi) is 5.04. The lowest BCUT2D eigenvalue weighted by atomic mass is 9.52. The number of aliphatic imine (C=N–C) groups is 1. The summed E-state index contributed by atoms with van der Waals surface area (Å²) in [5, 5.41) is 0.375. The van der Waals surface area contributed by atoms with E-state index in [-0.39, 0.29) is 17.7 Å². The van der Waals surface area contributed by atoms with E-state index in [0.717, 1.165) is 32.4 Å². The van der Waals surface area contributed by atoms with E-state index >= 15 is 0 Å². The van der Waals surface area contributed by atoms with E-state index in [4.69, 9.17) is 16.6 Å². The standard InChI is InChI=1S/C31H20BrClN2O2/c32-20-6-5-7-21(16-20)34-17-31-19-14-12-18(13-15-19)26(22-8-1-2-9-23(22)31)27-28(31)30(37)35(29(27)36)25-11-4-3-10-24(25)33/h1-17,26-28H/t26-,27-,28+,31-/m0/s1. The Labute approximate surface area is 227 Å². The zero-order valence-electron chi connectivity index (χ0n) is 19.5. The summed E-state index contributed by atoms with van der Waals surface area (Å²) in [6, 6.07) is 31.3. The summed E-state index contributed by atoms with van der Waals surface area (Å²) in [5.74, 6) is -1.94. The molecule has 0 radical (unpaired) electrons. The molecular formula is C31H20BrClN2O2. The van der Waals surface area contributed by atoms with Gasteiger partial charge in [0.1, 0.15) is 0 Å². The molecule has 1 heterocycles. The third-order valence-electron chi connectivity index (χ3n) is 8.01. The van der Waals surface area contributed by atoms with Crippen molar-refractivity contribution < 1.29 is 9.59 Å². The van der Waals surface area contributed by atoms with E-state index in [9.17, 15) is 9.59 Å². The third-order valence-corrected chi connectivity index (χ3v) is 8.82. The molecule has 0 N–H and O–H groups in total. The summed E-state index contributed by atoms with van der Waals surface area (Å²) in [7, 11) is 0. The van der Waals surface area contributed by atoms with Gasteiger partial charge in [-0.25, -0.2) is 4.90 Å². The van der Waals surface area contributed by atoms with Gasteiger partial charge in [0, 0.05) is 16.6 Å². The van der Waals surface area contributed by atoms with Crippen molar-refractivity contribution in [3.63, 3.8) is 0 Å². The quantitative estimate of drug-likeness (QED) is 0.197. The summed E-state index contributed by atoms with van der Waals surface area (Å²) in [6.45, 7) is 0. The first-order valence-electron chi connectivity index (χ1n) is 12.1. The highest BCUT2D eigenvalue weighted by atomic mass is 79.9. The predicted molar refractivity (Wildman–Crippen MR) is 149 cm³/mol. The van der Waals surface area contributed by atoms with Gasteiger partial charge in [0.05, 0.1) is 33.6 Å². The molecular weight excluding hydrogens is 548 g/mol. The van der Waals surface area contributed by atoms with Crippen molar-refractivity contribution in [1.29, 1.82) is 0 Å². The number of carbonyl (C=O) groups is 2. The number of imide groups is 1. The van der Waals surface area contributed by atoms with E-state index in [1.807, 2.05) is 42.6 Å². The van der Waals surface area contributed by atoms with E-state index in [0.29, 0.717) is 10.7 Å². The normalized spacial score (nSPS) is 25.4. The Morgan fingerprint density at radius 1 is 0.865 bits per heavy atom. The van der Waals surface area contributed by atoms with Crippen molar-refractivity contribution in [3.8, 4) is 0 Å². The number of para-hydroxylation sites is 1. The minimum atomic E-state index is -0.929. The fourth-order valence-corrected chi connectivity index (χ4v) is 7.14. The maximum absolute atomic E-state index is 14.4. The fraction of sp³-hybridized carbons (Fsp3) is 0.129. The largest absolute Gasteiger partial charge is 0.274 e. The summed E-state index contributed by atoms with van der Waals surface area (Å²) in [5.41, 5.74) is 4.32. The Morgan fingerprint density at radius 2 is 1.62 bits per heavy atom. The van der Waals surface area contributed by atoms with Gasteiger partial charge >= 0.3 is 0 Å². The number of halogens is 2. The van der Waals surface area contributed by atoms with Crippen molar-refractivity contribution in [2.24, 2.45) is 16.8 Å². The first-order valence-corrected chi connectivity index (χ1v) is 13.3. The number of rotatable bonds is 3. The van der Waals surface area contributed by atoms with Crippen LogP contribution in [0.1, 0.15) is 28.2 Å². The average Bonchev–Trinajstić information content (AvgIpc) is 3.15. The molecule has 37 heavy (non-hydrogen) atoms. The molecule has 6 aliphatic rings. The molecule has 1 aliphatic heterocycles. The highest BCUT2D eigenvalue weighted by molar-refractivity contribution is 9.10. The molecule has 5 aliphatic carbocycles. The van der Waals surface area contributed by atoms with Crippen molar-refractivity contribution in [1.82, 2.24) is 0 Å². The van der Waals surface area contributed by atoms with Gasteiger partial charge in [-0.1, -0.05) is 94.3 Å². The third kappa shape index (κ3) is 3.11. The van der Waals surface area contributed by atoms with Gasteiger partial charge in [-0.3, -0.25) is 14.6 Å². The van der Waals surface area contributed by atoms with E-state index < -0.39 is 17.3 Å². The van der Waals surface area contributed by atoms with Gasteiger partial charge in [0.2, 0.25) is 11.8 Å². The molecule has 4 atom stereocenters. The lowest BCUT2D eigenvalue weighted by molar-refractivity contribution is -0.122. The molecule has 0 spiro atoms. The van der Waals surface area contributed by atoms with Gasteiger partial charge in [-0.15, -0.1) is 0 Å². The average molecular weight is 568 g/mol. The van der Waals surface area contributed by atoms with Crippen LogP contribution in [-0.2, 0) is 15.0 Å². The summed E-state index contributed by atoms with van der Waals surface area (Å²) < 4.78 is 0.917. The Balaban J connectivity index is 1.53. The van der Waals surface area contributed by atoms with Gasteiger partial charge < -0.3 is 0 Å². The highest BCUT2D eigenvalue weighted by Gasteiger charge is 2.65. The second-order valence-electron chi connectivity index (χ2n) is 9.76. The fourth-order valence-electron chi connectivity index (χ4n) is 6.53.